The molecule has 7 nitrogen and oxygen atoms in total. The molecule has 1 rings (SSSR count). The molecule has 27 heavy (non-hydrogen) atoms. The lowest BCUT2D eigenvalue weighted by Gasteiger charge is -2.05. The van der Waals surface area contributed by atoms with Crippen molar-refractivity contribution in [3.8, 4) is 0 Å². The second-order valence-electron chi connectivity index (χ2n) is 5.96. The quantitative estimate of drug-likeness (QED) is 0.209. The Morgan fingerprint density at radius 3 is 2.00 bits per heavy atom. The molecule has 0 atom stereocenters. The van der Waals surface area contributed by atoms with Gasteiger partial charge in [0.1, 0.15) is 0 Å². The van der Waals surface area contributed by atoms with Gasteiger partial charge in [0.15, 0.2) is 0 Å². The summed E-state index contributed by atoms with van der Waals surface area (Å²) in [5.41, 5.74) is 0.479. The second kappa shape index (κ2) is 16.8. The molecule has 0 aromatic rings. The van der Waals surface area contributed by atoms with E-state index in [0.717, 1.165) is 37.0 Å². The maximum atomic E-state index is 11.0. The summed E-state index contributed by atoms with van der Waals surface area (Å²) in [4.78, 5) is 40.6. The van der Waals surface area contributed by atoms with Crippen LogP contribution in [0, 0.1) is 5.92 Å². The van der Waals surface area contributed by atoms with Crippen LogP contribution in [0.5, 0.6) is 0 Å². The van der Waals surface area contributed by atoms with Crippen LogP contribution in [0.1, 0.15) is 46.5 Å². The van der Waals surface area contributed by atoms with Gasteiger partial charge in [-0.2, -0.15) is 0 Å². The maximum Gasteiger partial charge on any atom is 0.338 e. The van der Waals surface area contributed by atoms with Crippen LogP contribution in [0.3, 0.4) is 0 Å². The fourth-order valence-corrected chi connectivity index (χ4v) is 1.51. The van der Waals surface area contributed by atoms with Gasteiger partial charge in [-0.25, -0.2) is 19.2 Å². The lowest BCUT2D eigenvalue weighted by atomic mass is 10.1. The summed E-state index contributed by atoms with van der Waals surface area (Å²) in [7, 11) is 1.31. The minimum atomic E-state index is -0.579. The van der Waals surface area contributed by atoms with E-state index in [0.29, 0.717) is 12.2 Å². The molecular formula is C20H30O7. The number of carbonyl (C=O) groups excluding carboxylic acids is 4. The van der Waals surface area contributed by atoms with E-state index in [1.54, 1.807) is 6.92 Å². The summed E-state index contributed by atoms with van der Waals surface area (Å²) in [5.74, 6) is -1.05. The van der Waals surface area contributed by atoms with Crippen molar-refractivity contribution in [2.75, 3.05) is 13.7 Å². The zero-order chi connectivity index (χ0) is 21.2. The van der Waals surface area contributed by atoms with Crippen molar-refractivity contribution < 1.29 is 33.4 Å². The number of hydrogen-bond donors (Lipinski definition) is 0. The highest BCUT2D eigenvalue weighted by Gasteiger charge is 2.10. The Morgan fingerprint density at radius 2 is 1.70 bits per heavy atom. The van der Waals surface area contributed by atoms with Gasteiger partial charge >= 0.3 is 23.9 Å². The predicted molar refractivity (Wildman–Crippen MR) is 102 cm³/mol. The smallest absolute Gasteiger partial charge is 0.338 e. The van der Waals surface area contributed by atoms with E-state index in [1.165, 1.54) is 20.0 Å². The molecule has 1 heterocycles. The van der Waals surface area contributed by atoms with Crippen LogP contribution in [-0.2, 0) is 33.4 Å². The number of cyclic esters (lactones) is 2. The highest BCUT2D eigenvalue weighted by molar-refractivity contribution is 6.04. The summed E-state index contributed by atoms with van der Waals surface area (Å²) >= 11 is 0. The van der Waals surface area contributed by atoms with Gasteiger partial charge in [-0.05, 0) is 19.3 Å². The number of rotatable bonds is 8. The van der Waals surface area contributed by atoms with Crippen LogP contribution < -0.4 is 0 Å². The van der Waals surface area contributed by atoms with Crippen molar-refractivity contribution in [1.29, 1.82) is 0 Å². The average molecular weight is 382 g/mol. The first kappa shape index (κ1) is 26.5. The topological polar surface area (TPSA) is 96.0 Å². The second-order valence-corrected chi connectivity index (χ2v) is 5.96. The average Bonchev–Trinajstić information content (AvgIpc) is 3.00. The zero-order valence-corrected chi connectivity index (χ0v) is 16.6. The Labute approximate surface area is 161 Å². The van der Waals surface area contributed by atoms with Crippen molar-refractivity contribution in [2.24, 2.45) is 5.92 Å². The molecule has 0 unspecified atom stereocenters. The Kier molecular flexibility index (Phi) is 16.5. The van der Waals surface area contributed by atoms with Gasteiger partial charge in [0.05, 0.1) is 13.7 Å². The summed E-state index contributed by atoms with van der Waals surface area (Å²) in [5, 5.41) is 0. The Hall–Kier alpha value is -2.70. The van der Waals surface area contributed by atoms with Crippen LogP contribution in [0.15, 0.2) is 37.0 Å². The van der Waals surface area contributed by atoms with E-state index in [9.17, 15) is 19.2 Å². The fraction of sp³-hybridized carbons (Fsp3) is 0.500. The lowest BCUT2D eigenvalue weighted by Crippen LogP contribution is -2.06. The molecule has 0 bridgehead atoms. The number of unbranched alkanes of at least 4 members (excludes halogenated alkanes) is 2. The number of hydrogen-bond acceptors (Lipinski definition) is 7. The monoisotopic (exact) mass is 382 g/mol. The molecule has 0 saturated heterocycles. The van der Waals surface area contributed by atoms with E-state index in [-0.39, 0.29) is 5.97 Å². The first-order valence-corrected chi connectivity index (χ1v) is 8.60. The van der Waals surface area contributed by atoms with Crippen molar-refractivity contribution in [3.05, 3.63) is 37.0 Å². The fourth-order valence-electron chi connectivity index (χ4n) is 1.51. The molecule has 0 N–H and O–H groups in total. The first-order valence-electron chi connectivity index (χ1n) is 8.60. The number of esters is 4. The van der Waals surface area contributed by atoms with Crippen molar-refractivity contribution in [2.45, 2.75) is 46.5 Å². The molecular weight excluding hydrogens is 352 g/mol. The molecule has 0 aromatic heterocycles. The molecule has 1 aliphatic heterocycles. The highest BCUT2D eigenvalue weighted by Crippen LogP contribution is 2.08. The standard InChI is InChI=1S/C12H22O2.C4H2O3.C4H6O2/c1-10(2)8-6-5-7-9-14-12(13)11(3)4;5-3-1-2-4(6)7-3;1-3-4(5)6-2/h10H,3,5-9H2,1-2,4H3;1-2H;3H,1H2,2H3. The van der Waals surface area contributed by atoms with Crippen LogP contribution in [-0.4, -0.2) is 37.6 Å². The van der Waals surface area contributed by atoms with Crippen molar-refractivity contribution in [1.82, 2.24) is 0 Å². The lowest BCUT2D eigenvalue weighted by molar-refractivity contribution is -0.150. The maximum absolute atomic E-state index is 11.0. The van der Waals surface area contributed by atoms with Gasteiger partial charge in [0, 0.05) is 23.8 Å². The molecule has 0 saturated carbocycles. The highest BCUT2D eigenvalue weighted by atomic mass is 16.6. The van der Waals surface area contributed by atoms with Crippen molar-refractivity contribution in [3.63, 3.8) is 0 Å². The van der Waals surface area contributed by atoms with Crippen LogP contribution in [0.2, 0.25) is 0 Å². The zero-order valence-electron chi connectivity index (χ0n) is 16.6. The number of methoxy groups -OCH3 is 1. The van der Waals surface area contributed by atoms with E-state index in [1.807, 2.05) is 0 Å². The SMILES string of the molecule is C=C(C)C(=O)OCCCCCC(C)C.C=CC(=O)OC.O=C1C=CC(=O)O1. The molecule has 0 spiro atoms. The van der Waals surface area contributed by atoms with Gasteiger partial charge in [-0.1, -0.05) is 46.3 Å². The van der Waals surface area contributed by atoms with E-state index in [2.05, 4.69) is 36.5 Å². The van der Waals surface area contributed by atoms with Gasteiger partial charge in [0.2, 0.25) is 0 Å². The number of carbonyl (C=O) groups is 4. The summed E-state index contributed by atoms with van der Waals surface area (Å²) in [6.45, 7) is 13.3. The third-order valence-electron chi connectivity index (χ3n) is 2.93. The number of ether oxygens (including phenoxy) is 3. The predicted octanol–water partition coefficient (Wildman–Crippen LogP) is 3.29. The Balaban J connectivity index is 0. The van der Waals surface area contributed by atoms with Gasteiger partial charge in [-0.3, -0.25) is 0 Å². The molecule has 0 aromatic carbocycles. The molecule has 7 heteroatoms. The van der Waals surface area contributed by atoms with Crippen LogP contribution in [0.4, 0.5) is 0 Å². The summed E-state index contributed by atoms with van der Waals surface area (Å²) in [6, 6.07) is 0. The largest absolute Gasteiger partial charge is 0.466 e. The van der Waals surface area contributed by atoms with E-state index in [4.69, 9.17) is 4.74 Å². The van der Waals surface area contributed by atoms with Gasteiger partial charge in [-0.15, -0.1) is 0 Å². The van der Waals surface area contributed by atoms with Gasteiger partial charge in [0.25, 0.3) is 0 Å². The Morgan fingerprint density at radius 1 is 1.15 bits per heavy atom. The minimum absolute atomic E-state index is 0.270. The summed E-state index contributed by atoms with van der Waals surface area (Å²) in [6.07, 6.45) is 7.87. The molecule has 0 radical (unpaired) electrons. The minimum Gasteiger partial charge on any atom is -0.466 e. The van der Waals surface area contributed by atoms with E-state index >= 15 is 0 Å². The third-order valence-corrected chi connectivity index (χ3v) is 2.93. The summed E-state index contributed by atoms with van der Waals surface area (Å²) < 4.78 is 13.1. The molecule has 0 aliphatic carbocycles. The third kappa shape index (κ3) is 19.5. The molecule has 1 aliphatic rings. The first-order chi connectivity index (χ1) is 12.6. The van der Waals surface area contributed by atoms with Crippen LogP contribution in [0.25, 0.3) is 0 Å². The molecule has 152 valence electrons. The Bertz CT molecular complexity index is 529. The molecule has 0 amide bonds. The van der Waals surface area contributed by atoms with Gasteiger partial charge < -0.3 is 14.2 Å². The van der Waals surface area contributed by atoms with Crippen molar-refractivity contribution >= 4 is 23.9 Å². The van der Waals surface area contributed by atoms with E-state index < -0.39 is 17.9 Å². The van der Waals surface area contributed by atoms with Crippen LogP contribution >= 0.6 is 0 Å². The normalized spacial score (nSPS) is 11.4. The molecule has 0 fully saturated rings.